The Hall–Kier alpha value is -1.07. The topological polar surface area (TPSA) is 18.5 Å². The molecule has 2 rings (SSSR count). The van der Waals surface area contributed by atoms with Crippen LogP contribution in [0, 0.1) is 0 Å². The van der Waals surface area contributed by atoms with Gasteiger partial charge in [-0.3, -0.25) is 0 Å². The van der Waals surface area contributed by atoms with Crippen molar-refractivity contribution < 1.29 is 8.85 Å². The first-order valence-electron chi connectivity index (χ1n) is 7.68. The summed E-state index contributed by atoms with van der Waals surface area (Å²) >= 11 is 4.32. The fourth-order valence-electron chi connectivity index (χ4n) is 2.21. The van der Waals surface area contributed by atoms with E-state index in [1.165, 1.54) is 11.1 Å². The first-order valence-corrected chi connectivity index (χ1v) is 10.8. The molecule has 4 heteroatoms. The molecule has 22 heavy (non-hydrogen) atoms. The monoisotopic (exact) mass is 332 g/mol. The molecule has 0 spiro atoms. The molecular formula is C18H24O2SSi. The van der Waals surface area contributed by atoms with Gasteiger partial charge in [0.05, 0.1) is 13.2 Å². The van der Waals surface area contributed by atoms with Crippen LogP contribution in [0.5, 0.6) is 0 Å². The number of rotatable bonds is 9. The maximum atomic E-state index is 6.22. The van der Waals surface area contributed by atoms with E-state index in [0.717, 1.165) is 18.2 Å². The average Bonchev–Trinajstić information content (AvgIpc) is 2.59. The predicted molar refractivity (Wildman–Crippen MR) is 97.4 cm³/mol. The average molecular weight is 333 g/mol. The summed E-state index contributed by atoms with van der Waals surface area (Å²) in [5, 5.41) is 0. The number of thiol groups is 1. The number of hydrogen-bond acceptors (Lipinski definition) is 3. The Labute approximate surface area is 140 Å². The molecule has 0 aliphatic rings. The third kappa shape index (κ3) is 5.97. The highest BCUT2D eigenvalue weighted by Crippen LogP contribution is 2.20. The Bertz CT molecular complexity index is 490. The van der Waals surface area contributed by atoms with Crippen molar-refractivity contribution in [3.63, 3.8) is 0 Å². The normalized spacial score (nSPS) is 11.5. The Balaban J connectivity index is 1.93. The van der Waals surface area contributed by atoms with Gasteiger partial charge in [0.25, 0.3) is 0 Å². The van der Waals surface area contributed by atoms with Crippen molar-refractivity contribution in [2.45, 2.75) is 32.2 Å². The van der Waals surface area contributed by atoms with Crippen LogP contribution >= 0.6 is 12.6 Å². The zero-order valence-electron chi connectivity index (χ0n) is 13.1. The van der Waals surface area contributed by atoms with E-state index in [-0.39, 0.29) is 0 Å². The van der Waals surface area contributed by atoms with E-state index in [2.05, 4.69) is 43.4 Å². The Morgan fingerprint density at radius 1 is 0.818 bits per heavy atom. The summed E-state index contributed by atoms with van der Waals surface area (Å²) in [6.45, 7) is 3.39. The minimum atomic E-state index is -2.18. The van der Waals surface area contributed by atoms with Gasteiger partial charge in [-0.25, -0.2) is 0 Å². The summed E-state index contributed by atoms with van der Waals surface area (Å²) in [4.78, 5) is 0. The maximum Gasteiger partial charge on any atom is 0.335 e. The van der Waals surface area contributed by atoms with Gasteiger partial charge in [0, 0.05) is 0 Å². The van der Waals surface area contributed by atoms with Gasteiger partial charge in [-0.05, 0) is 35.9 Å². The van der Waals surface area contributed by atoms with Gasteiger partial charge in [0.1, 0.15) is 0 Å². The molecule has 2 aromatic carbocycles. The SMILES string of the molecule is C[Si](CCCS)(OCc1ccccc1)OCc1ccccc1. The molecular weight excluding hydrogens is 308 g/mol. The van der Waals surface area contributed by atoms with Crippen LogP contribution in [0.1, 0.15) is 17.5 Å². The lowest BCUT2D eigenvalue weighted by Gasteiger charge is -2.27. The Morgan fingerprint density at radius 3 is 1.68 bits per heavy atom. The highest BCUT2D eigenvalue weighted by molar-refractivity contribution is 7.80. The zero-order chi connectivity index (χ0) is 15.7. The number of benzene rings is 2. The van der Waals surface area contributed by atoms with Crippen LogP contribution < -0.4 is 0 Å². The van der Waals surface area contributed by atoms with Gasteiger partial charge in [-0.2, -0.15) is 12.6 Å². The van der Waals surface area contributed by atoms with Gasteiger partial charge in [-0.15, -0.1) is 0 Å². The summed E-state index contributed by atoms with van der Waals surface area (Å²) < 4.78 is 12.4. The molecule has 0 aliphatic carbocycles. The van der Waals surface area contributed by atoms with E-state index in [0.29, 0.717) is 13.2 Å². The molecule has 2 aromatic rings. The van der Waals surface area contributed by atoms with Gasteiger partial charge in [-0.1, -0.05) is 60.7 Å². The van der Waals surface area contributed by atoms with Gasteiger partial charge in [0.15, 0.2) is 0 Å². The molecule has 0 amide bonds. The third-order valence-corrected chi connectivity index (χ3v) is 6.65. The Morgan fingerprint density at radius 2 is 1.27 bits per heavy atom. The second-order valence-corrected chi connectivity index (χ2v) is 9.30. The smallest absolute Gasteiger partial charge is 0.335 e. The maximum absolute atomic E-state index is 6.22. The van der Waals surface area contributed by atoms with Gasteiger partial charge < -0.3 is 8.85 Å². The van der Waals surface area contributed by atoms with Gasteiger partial charge >= 0.3 is 8.56 Å². The van der Waals surface area contributed by atoms with Crippen LogP contribution in [0.15, 0.2) is 60.7 Å². The minimum Gasteiger partial charge on any atom is -0.390 e. The molecule has 0 bridgehead atoms. The highest BCUT2D eigenvalue weighted by Gasteiger charge is 2.31. The summed E-state index contributed by atoms with van der Waals surface area (Å²) in [7, 11) is -2.18. The third-order valence-electron chi connectivity index (χ3n) is 3.56. The van der Waals surface area contributed by atoms with Crippen LogP contribution in [-0.2, 0) is 22.1 Å². The molecule has 0 atom stereocenters. The van der Waals surface area contributed by atoms with Crippen molar-refractivity contribution in [3.05, 3.63) is 71.8 Å². The molecule has 0 saturated heterocycles. The van der Waals surface area contributed by atoms with Crippen LogP contribution in [0.25, 0.3) is 0 Å². The molecule has 0 fully saturated rings. The molecule has 0 heterocycles. The lowest BCUT2D eigenvalue weighted by atomic mass is 10.2. The van der Waals surface area contributed by atoms with Crippen molar-refractivity contribution in [1.82, 2.24) is 0 Å². The van der Waals surface area contributed by atoms with E-state index in [1.807, 2.05) is 36.4 Å². The molecule has 2 nitrogen and oxygen atoms in total. The van der Waals surface area contributed by atoms with Crippen LogP contribution in [-0.4, -0.2) is 14.3 Å². The van der Waals surface area contributed by atoms with E-state index in [9.17, 15) is 0 Å². The molecule has 0 aromatic heterocycles. The largest absolute Gasteiger partial charge is 0.390 e. The van der Waals surface area contributed by atoms with E-state index in [1.54, 1.807) is 0 Å². The van der Waals surface area contributed by atoms with Crippen molar-refractivity contribution in [1.29, 1.82) is 0 Å². The summed E-state index contributed by atoms with van der Waals surface area (Å²) in [5.74, 6) is 0.867. The van der Waals surface area contributed by atoms with Crippen molar-refractivity contribution in [2.24, 2.45) is 0 Å². The second-order valence-electron chi connectivity index (χ2n) is 5.51. The standard InChI is InChI=1S/C18H24O2SSi/c1-22(14-8-13-21,19-15-17-9-4-2-5-10-17)20-16-18-11-6-3-7-12-18/h2-7,9-12,21H,8,13-16H2,1H3. The van der Waals surface area contributed by atoms with Gasteiger partial charge in [0.2, 0.25) is 0 Å². The first kappa shape index (κ1) is 17.3. The number of hydrogen-bond donors (Lipinski definition) is 1. The predicted octanol–water partition coefficient (Wildman–Crippen LogP) is 4.81. The summed E-state index contributed by atoms with van der Waals surface area (Å²) in [6.07, 6.45) is 1.02. The molecule has 0 saturated carbocycles. The van der Waals surface area contributed by atoms with Crippen molar-refractivity contribution in [3.8, 4) is 0 Å². The highest BCUT2D eigenvalue weighted by atomic mass is 32.1. The molecule has 0 N–H and O–H groups in total. The van der Waals surface area contributed by atoms with E-state index < -0.39 is 8.56 Å². The zero-order valence-corrected chi connectivity index (χ0v) is 15.0. The van der Waals surface area contributed by atoms with E-state index in [4.69, 9.17) is 8.85 Å². The summed E-state index contributed by atoms with van der Waals surface area (Å²) in [6, 6.07) is 21.5. The van der Waals surface area contributed by atoms with Crippen LogP contribution in [0.4, 0.5) is 0 Å². The lowest BCUT2D eigenvalue weighted by molar-refractivity contribution is 0.158. The fourth-order valence-corrected chi connectivity index (χ4v) is 4.80. The quantitative estimate of drug-likeness (QED) is 0.524. The molecule has 0 radical (unpaired) electrons. The van der Waals surface area contributed by atoms with Crippen LogP contribution in [0.2, 0.25) is 12.6 Å². The molecule has 0 aliphatic heterocycles. The van der Waals surface area contributed by atoms with Crippen molar-refractivity contribution >= 4 is 21.2 Å². The first-order chi connectivity index (χ1) is 10.7. The lowest BCUT2D eigenvalue weighted by Crippen LogP contribution is -2.38. The molecule has 0 unspecified atom stereocenters. The van der Waals surface area contributed by atoms with Crippen LogP contribution in [0.3, 0.4) is 0 Å². The minimum absolute atomic E-state index is 0.616. The fraction of sp³-hybridized carbons (Fsp3) is 0.333. The summed E-state index contributed by atoms with van der Waals surface area (Å²) in [5.41, 5.74) is 2.38. The second kappa shape index (κ2) is 9.15. The Kier molecular flexibility index (Phi) is 7.19. The molecule has 118 valence electrons. The van der Waals surface area contributed by atoms with Crippen molar-refractivity contribution in [2.75, 3.05) is 5.75 Å². The van der Waals surface area contributed by atoms with E-state index >= 15 is 0 Å².